The van der Waals surface area contributed by atoms with Crippen molar-refractivity contribution in [3.8, 4) is 5.75 Å². The standard InChI is InChI=1S/C20H26N2O3/c1-4-24-20(11-5-6-12-20)19(23)22-16-9-10-17(25-14(2)3)18-15(16)8-7-13-21-18/h7-10,13-14H,4-6,11-12H2,1-3H3,(H,22,23). The number of nitrogens with one attached hydrogen (secondary N) is 1. The zero-order valence-electron chi connectivity index (χ0n) is 15.2. The number of rotatable bonds is 6. The zero-order chi connectivity index (χ0) is 17.9. The maximum atomic E-state index is 12.9. The number of nitrogens with zero attached hydrogens (tertiary/aromatic N) is 1. The van der Waals surface area contributed by atoms with Crippen LogP contribution in [0.15, 0.2) is 30.5 Å². The minimum Gasteiger partial charge on any atom is -0.489 e. The van der Waals surface area contributed by atoms with Gasteiger partial charge in [-0.25, -0.2) is 0 Å². The van der Waals surface area contributed by atoms with Gasteiger partial charge in [0.25, 0.3) is 5.91 Å². The average Bonchev–Trinajstić information content (AvgIpc) is 3.07. The SMILES string of the molecule is CCOC1(C(=O)Nc2ccc(OC(C)C)c3ncccc23)CCCC1. The Bertz CT molecular complexity index is 752. The molecule has 1 aliphatic rings. The smallest absolute Gasteiger partial charge is 0.256 e. The van der Waals surface area contributed by atoms with Crippen LogP contribution in [0.3, 0.4) is 0 Å². The monoisotopic (exact) mass is 342 g/mol. The van der Waals surface area contributed by atoms with Gasteiger partial charge in [-0.3, -0.25) is 9.78 Å². The first-order valence-corrected chi connectivity index (χ1v) is 9.05. The molecule has 1 aromatic heterocycles. The Morgan fingerprint density at radius 1 is 1.28 bits per heavy atom. The molecule has 25 heavy (non-hydrogen) atoms. The highest BCUT2D eigenvalue weighted by Crippen LogP contribution is 2.36. The van der Waals surface area contributed by atoms with Crippen molar-refractivity contribution >= 4 is 22.5 Å². The molecule has 5 nitrogen and oxygen atoms in total. The molecule has 134 valence electrons. The van der Waals surface area contributed by atoms with Crippen LogP contribution in [0.1, 0.15) is 46.5 Å². The molecule has 0 bridgehead atoms. The van der Waals surface area contributed by atoms with Crippen LogP contribution in [-0.4, -0.2) is 29.2 Å². The van der Waals surface area contributed by atoms with Crippen LogP contribution in [-0.2, 0) is 9.53 Å². The summed E-state index contributed by atoms with van der Waals surface area (Å²) < 4.78 is 11.7. The Morgan fingerprint density at radius 2 is 2.04 bits per heavy atom. The van der Waals surface area contributed by atoms with E-state index < -0.39 is 5.60 Å². The fraction of sp³-hybridized carbons (Fsp3) is 0.500. The first-order chi connectivity index (χ1) is 12.1. The highest BCUT2D eigenvalue weighted by atomic mass is 16.5. The van der Waals surface area contributed by atoms with Gasteiger partial charge in [-0.2, -0.15) is 0 Å². The summed E-state index contributed by atoms with van der Waals surface area (Å²) in [5.74, 6) is 0.665. The van der Waals surface area contributed by atoms with Crippen molar-refractivity contribution in [1.29, 1.82) is 0 Å². The number of anilines is 1. The van der Waals surface area contributed by atoms with Crippen LogP contribution in [0.2, 0.25) is 0 Å². The summed E-state index contributed by atoms with van der Waals surface area (Å²) >= 11 is 0. The Balaban J connectivity index is 1.92. The highest BCUT2D eigenvalue weighted by Gasteiger charge is 2.42. The lowest BCUT2D eigenvalue weighted by atomic mass is 10.0. The van der Waals surface area contributed by atoms with E-state index in [1.54, 1.807) is 6.20 Å². The maximum absolute atomic E-state index is 12.9. The van der Waals surface area contributed by atoms with E-state index in [0.717, 1.165) is 48.0 Å². The van der Waals surface area contributed by atoms with Crippen molar-refractivity contribution in [3.05, 3.63) is 30.5 Å². The second-order valence-corrected chi connectivity index (χ2v) is 6.77. The van der Waals surface area contributed by atoms with E-state index in [1.165, 1.54) is 0 Å². The molecular formula is C20H26N2O3. The highest BCUT2D eigenvalue weighted by molar-refractivity contribution is 6.05. The number of benzene rings is 1. The van der Waals surface area contributed by atoms with E-state index >= 15 is 0 Å². The van der Waals surface area contributed by atoms with Crippen molar-refractivity contribution in [3.63, 3.8) is 0 Å². The number of amides is 1. The average molecular weight is 342 g/mol. The molecule has 0 spiro atoms. The molecule has 0 atom stereocenters. The van der Waals surface area contributed by atoms with Gasteiger partial charge in [0.05, 0.1) is 11.8 Å². The number of fused-ring (bicyclic) bond motifs is 1. The summed E-state index contributed by atoms with van der Waals surface area (Å²) in [6, 6.07) is 7.57. The third kappa shape index (κ3) is 3.61. The van der Waals surface area contributed by atoms with E-state index in [4.69, 9.17) is 9.47 Å². The fourth-order valence-corrected chi connectivity index (χ4v) is 3.50. The summed E-state index contributed by atoms with van der Waals surface area (Å²) in [5.41, 5.74) is 0.803. The number of pyridine rings is 1. The van der Waals surface area contributed by atoms with E-state index in [9.17, 15) is 4.79 Å². The van der Waals surface area contributed by atoms with E-state index in [0.29, 0.717) is 6.61 Å². The predicted octanol–water partition coefficient (Wildman–Crippen LogP) is 4.31. The molecule has 2 aromatic rings. The summed E-state index contributed by atoms with van der Waals surface area (Å²) in [6.07, 6.45) is 5.40. The first-order valence-electron chi connectivity index (χ1n) is 9.05. The van der Waals surface area contributed by atoms with E-state index in [1.807, 2.05) is 45.0 Å². The molecule has 0 unspecified atom stereocenters. The van der Waals surface area contributed by atoms with Crippen LogP contribution in [0.5, 0.6) is 5.75 Å². The minimum atomic E-state index is -0.698. The Morgan fingerprint density at radius 3 is 2.72 bits per heavy atom. The van der Waals surface area contributed by atoms with Crippen LogP contribution >= 0.6 is 0 Å². The molecule has 0 radical (unpaired) electrons. The van der Waals surface area contributed by atoms with Gasteiger partial charge in [0.2, 0.25) is 0 Å². The van der Waals surface area contributed by atoms with Crippen LogP contribution in [0.4, 0.5) is 5.69 Å². The topological polar surface area (TPSA) is 60.5 Å². The van der Waals surface area contributed by atoms with Crippen LogP contribution in [0.25, 0.3) is 10.9 Å². The largest absolute Gasteiger partial charge is 0.489 e. The molecule has 1 N–H and O–H groups in total. The van der Waals surface area contributed by atoms with Crippen molar-refractivity contribution in [2.75, 3.05) is 11.9 Å². The van der Waals surface area contributed by atoms with Gasteiger partial charge < -0.3 is 14.8 Å². The minimum absolute atomic E-state index is 0.0605. The first kappa shape index (κ1) is 17.7. The van der Waals surface area contributed by atoms with Crippen LogP contribution < -0.4 is 10.1 Å². The third-order valence-electron chi connectivity index (χ3n) is 4.59. The molecule has 1 aromatic carbocycles. The number of carbonyl (C=O) groups excluding carboxylic acids is 1. The maximum Gasteiger partial charge on any atom is 0.256 e. The van der Waals surface area contributed by atoms with Crippen LogP contribution in [0, 0.1) is 0 Å². The molecular weight excluding hydrogens is 316 g/mol. The van der Waals surface area contributed by atoms with Crippen molar-refractivity contribution in [2.24, 2.45) is 0 Å². The van der Waals surface area contributed by atoms with Crippen molar-refractivity contribution in [1.82, 2.24) is 4.98 Å². The quantitative estimate of drug-likeness (QED) is 0.850. The lowest BCUT2D eigenvalue weighted by Gasteiger charge is -2.27. The fourth-order valence-electron chi connectivity index (χ4n) is 3.50. The van der Waals surface area contributed by atoms with Gasteiger partial charge in [0, 0.05) is 18.2 Å². The van der Waals surface area contributed by atoms with Crippen molar-refractivity contribution < 1.29 is 14.3 Å². The molecule has 1 amide bonds. The lowest BCUT2D eigenvalue weighted by molar-refractivity contribution is -0.140. The van der Waals surface area contributed by atoms with Crippen molar-refractivity contribution in [2.45, 2.75) is 58.2 Å². The second kappa shape index (κ2) is 7.40. The van der Waals surface area contributed by atoms with Gasteiger partial charge in [-0.05, 0) is 70.7 Å². The van der Waals surface area contributed by atoms with Gasteiger partial charge in [-0.15, -0.1) is 0 Å². The predicted molar refractivity (Wildman–Crippen MR) is 99.0 cm³/mol. The zero-order valence-corrected chi connectivity index (χ0v) is 15.2. The van der Waals surface area contributed by atoms with Gasteiger partial charge in [0.1, 0.15) is 16.9 Å². The summed E-state index contributed by atoms with van der Waals surface area (Å²) in [7, 11) is 0. The van der Waals surface area contributed by atoms with Gasteiger partial charge >= 0.3 is 0 Å². The molecule has 1 heterocycles. The Hall–Kier alpha value is -2.14. The normalized spacial score (nSPS) is 16.3. The summed E-state index contributed by atoms with van der Waals surface area (Å²) in [6.45, 7) is 6.44. The molecule has 3 rings (SSSR count). The number of hydrogen-bond donors (Lipinski definition) is 1. The number of aromatic nitrogens is 1. The summed E-state index contributed by atoms with van der Waals surface area (Å²) in [4.78, 5) is 17.4. The number of ether oxygens (including phenoxy) is 2. The Kier molecular flexibility index (Phi) is 5.23. The molecule has 1 fully saturated rings. The van der Waals surface area contributed by atoms with Gasteiger partial charge in [0.15, 0.2) is 0 Å². The van der Waals surface area contributed by atoms with E-state index in [2.05, 4.69) is 10.3 Å². The molecule has 1 aliphatic carbocycles. The summed E-state index contributed by atoms with van der Waals surface area (Å²) in [5, 5.41) is 3.95. The van der Waals surface area contributed by atoms with E-state index in [-0.39, 0.29) is 12.0 Å². The lowest BCUT2D eigenvalue weighted by Crippen LogP contribution is -2.43. The number of carbonyl (C=O) groups is 1. The second-order valence-electron chi connectivity index (χ2n) is 6.77. The molecule has 5 heteroatoms. The van der Waals surface area contributed by atoms with Gasteiger partial charge in [-0.1, -0.05) is 0 Å². The molecule has 0 aliphatic heterocycles. The number of hydrogen-bond acceptors (Lipinski definition) is 4. The third-order valence-corrected chi connectivity index (χ3v) is 4.59. The molecule has 0 saturated heterocycles. The molecule has 1 saturated carbocycles. The Labute approximate surface area is 148 Å².